The van der Waals surface area contributed by atoms with Crippen LogP contribution < -0.4 is 10.9 Å². The molecule has 6 rings (SSSR count). The molecule has 0 spiro atoms. The van der Waals surface area contributed by atoms with Gasteiger partial charge in [0.15, 0.2) is 0 Å². The Morgan fingerprint density at radius 2 is 1.22 bits per heavy atom. The SMILES string of the molecule is C([SiH2]Cn1cncn1)=C(c1ccccc1)c1ccccc1.c1ccc(B(c2ccccc2)C2CC2)cc1. The van der Waals surface area contributed by atoms with Gasteiger partial charge in [-0.1, -0.05) is 157 Å². The van der Waals surface area contributed by atoms with E-state index in [9.17, 15) is 0 Å². The molecule has 0 bridgehead atoms. The van der Waals surface area contributed by atoms with Crippen molar-refractivity contribution in [2.45, 2.75) is 24.8 Å². The van der Waals surface area contributed by atoms with Gasteiger partial charge in [-0.2, -0.15) is 5.10 Å². The number of rotatable bonds is 8. The Balaban J connectivity index is 0.000000157. The first-order valence-electron chi connectivity index (χ1n) is 13.1. The van der Waals surface area contributed by atoms with Crippen molar-refractivity contribution in [3.63, 3.8) is 0 Å². The van der Waals surface area contributed by atoms with Gasteiger partial charge in [-0.05, 0) is 16.7 Å². The van der Waals surface area contributed by atoms with Gasteiger partial charge in [-0.15, -0.1) is 0 Å². The van der Waals surface area contributed by atoms with Gasteiger partial charge in [0.2, 0.25) is 6.71 Å². The van der Waals surface area contributed by atoms with Gasteiger partial charge in [0.05, 0.1) is 9.52 Å². The van der Waals surface area contributed by atoms with Gasteiger partial charge in [-0.3, -0.25) is 4.68 Å². The summed E-state index contributed by atoms with van der Waals surface area (Å²) in [5, 5.41) is 4.17. The Bertz CT molecular complexity index is 1270. The monoisotopic (exact) mass is 497 g/mol. The first-order valence-corrected chi connectivity index (χ1v) is 14.9. The van der Waals surface area contributed by atoms with Crippen molar-refractivity contribution >= 4 is 32.7 Å². The molecule has 1 heterocycles. The van der Waals surface area contributed by atoms with Crippen LogP contribution in [-0.4, -0.2) is 31.0 Å². The van der Waals surface area contributed by atoms with Crippen LogP contribution in [0.3, 0.4) is 0 Å². The third kappa shape index (κ3) is 7.05. The molecule has 37 heavy (non-hydrogen) atoms. The van der Waals surface area contributed by atoms with Gasteiger partial charge in [-0.25, -0.2) is 4.98 Å². The highest BCUT2D eigenvalue weighted by Crippen LogP contribution is 2.38. The van der Waals surface area contributed by atoms with Gasteiger partial charge >= 0.3 is 0 Å². The van der Waals surface area contributed by atoms with E-state index in [0.29, 0.717) is 6.71 Å². The molecule has 0 saturated heterocycles. The van der Waals surface area contributed by atoms with Crippen LogP contribution in [0.25, 0.3) is 5.57 Å². The highest BCUT2D eigenvalue weighted by molar-refractivity contribution is 6.86. The normalized spacial score (nSPS) is 12.5. The Morgan fingerprint density at radius 3 is 1.65 bits per heavy atom. The molecular formula is C32H32BN3Si. The molecule has 3 nitrogen and oxygen atoms in total. The first-order chi connectivity index (χ1) is 18.4. The Kier molecular flexibility index (Phi) is 8.58. The van der Waals surface area contributed by atoms with Crippen LogP contribution in [0.2, 0.25) is 5.82 Å². The maximum Gasteiger partial charge on any atom is 0.212 e. The van der Waals surface area contributed by atoms with Crippen LogP contribution in [-0.2, 0) is 6.17 Å². The van der Waals surface area contributed by atoms with Gasteiger partial charge in [0.1, 0.15) is 12.7 Å². The third-order valence-corrected chi connectivity index (χ3v) is 8.17. The average Bonchev–Trinajstić information content (AvgIpc) is 3.66. The van der Waals surface area contributed by atoms with Crippen LogP contribution in [0.15, 0.2) is 140 Å². The minimum atomic E-state index is -0.394. The van der Waals surface area contributed by atoms with E-state index in [4.69, 9.17) is 0 Å². The molecule has 0 amide bonds. The number of benzene rings is 4. The lowest BCUT2D eigenvalue weighted by atomic mass is 9.37. The molecule has 5 aromatic rings. The van der Waals surface area contributed by atoms with Crippen molar-refractivity contribution in [2.24, 2.45) is 0 Å². The molecule has 182 valence electrons. The summed E-state index contributed by atoms with van der Waals surface area (Å²) < 4.78 is 1.91. The van der Waals surface area contributed by atoms with Crippen molar-refractivity contribution in [3.8, 4) is 0 Å². The summed E-state index contributed by atoms with van der Waals surface area (Å²) in [6.07, 6.45) is 7.12. The molecule has 1 aliphatic rings. The van der Waals surface area contributed by atoms with E-state index < -0.39 is 9.52 Å². The summed E-state index contributed by atoms with van der Waals surface area (Å²) in [5.74, 6) is 0.866. The quantitative estimate of drug-likeness (QED) is 0.284. The molecule has 0 N–H and O–H groups in total. The number of hydrogen-bond donors (Lipinski definition) is 0. The molecule has 5 heteroatoms. The molecular weight excluding hydrogens is 465 g/mol. The van der Waals surface area contributed by atoms with Crippen molar-refractivity contribution < 1.29 is 0 Å². The van der Waals surface area contributed by atoms with Crippen molar-refractivity contribution in [2.75, 3.05) is 0 Å². The van der Waals surface area contributed by atoms with E-state index in [1.807, 2.05) is 4.68 Å². The molecule has 1 saturated carbocycles. The van der Waals surface area contributed by atoms with E-state index in [1.54, 1.807) is 12.7 Å². The Morgan fingerprint density at radius 1 is 0.730 bits per heavy atom. The second-order valence-electron chi connectivity index (χ2n) is 9.43. The lowest BCUT2D eigenvalue weighted by molar-refractivity contribution is 0.738. The Labute approximate surface area is 222 Å². The lowest BCUT2D eigenvalue weighted by Gasteiger charge is -2.13. The van der Waals surface area contributed by atoms with Gasteiger partial charge in [0.25, 0.3) is 0 Å². The molecule has 0 aliphatic heterocycles. The minimum Gasteiger partial charge on any atom is -0.256 e. The number of nitrogens with zero attached hydrogens (tertiary/aromatic N) is 3. The van der Waals surface area contributed by atoms with E-state index >= 15 is 0 Å². The lowest BCUT2D eigenvalue weighted by Crippen LogP contribution is -2.42. The molecule has 1 aliphatic carbocycles. The zero-order chi connectivity index (χ0) is 25.1. The second-order valence-corrected chi connectivity index (χ2v) is 10.9. The van der Waals surface area contributed by atoms with Gasteiger partial charge in [0, 0.05) is 6.17 Å². The summed E-state index contributed by atoms with van der Waals surface area (Å²) in [5.41, 5.74) is 9.21. The highest BCUT2D eigenvalue weighted by Gasteiger charge is 2.36. The Hall–Kier alpha value is -3.96. The number of hydrogen-bond acceptors (Lipinski definition) is 2. The fraction of sp³-hybridized carbons (Fsp3) is 0.125. The second kappa shape index (κ2) is 12.8. The fourth-order valence-corrected chi connectivity index (χ4v) is 6.20. The summed E-state index contributed by atoms with van der Waals surface area (Å²) in [6.45, 7) is 0.613. The molecule has 1 aromatic heterocycles. The summed E-state index contributed by atoms with van der Waals surface area (Å²) >= 11 is 0. The maximum atomic E-state index is 4.17. The van der Waals surface area contributed by atoms with E-state index in [0.717, 1.165) is 12.0 Å². The van der Waals surface area contributed by atoms with Crippen LogP contribution in [0.5, 0.6) is 0 Å². The van der Waals surface area contributed by atoms with E-state index in [1.165, 1.54) is 40.5 Å². The zero-order valence-electron chi connectivity index (χ0n) is 21.1. The van der Waals surface area contributed by atoms with E-state index in [2.05, 4.69) is 137 Å². The third-order valence-electron chi connectivity index (χ3n) is 6.75. The van der Waals surface area contributed by atoms with E-state index in [-0.39, 0.29) is 0 Å². The van der Waals surface area contributed by atoms with Crippen molar-refractivity contribution in [3.05, 3.63) is 151 Å². The zero-order valence-corrected chi connectivity index (χ0v) is 22.5. The summed E-state index contributed by atoms with van der Waals surface area (Å²) in [7, 11) is -0.394. The average molecular weight is 498 g/mol. The minimum absolute atomic E-state index is 0.394. The van der Waals surface area contributed by atoms with Crippen molar-refractivity contribution in [1.29, 1.82) is 0 Å². The topological polar surface area (TPSA) is 30.7 Å². The van der Waals surface area contributed by atoms with Crippen molar-refractivity contribution in [1.82, 2.24) is 14.8 Å². The summed E-state index contributed by atoms with van der Waals surface area (Å²) in [6, 6.07) is 43.0. The summed E-state index contributed by atoms with van der Waals surface area (Å²) in [4.78, 5) is 3.99. The molecule has 0 atom stereocenters. The molecule has 0 unspecified atom stereocenters. The van der Waals surface area contributed by atoms with Gasteiger partial charge < -0.3 is 0 Å². The largest absolute Gasteiger partial charge is 0.256 e. The number of aromatic nitrogens is 3. The smallest absolute Gasteiger partial charge is 0.212 e. The maximum absolute atomic E-state index is 4.17. The molecule has 4 aromatic carbocycles. The molecule has 1 fully saturated rings. The predicted molar refractivity (Wildman–Crippen MR) is 159 cm³/mol. The van der Waals surface area contributed by atoms with Crippen LogP contribution in [0.4, 0.5) is 0 Å². The molecule has 0 radical (unpaired) electrons. The van der Waals surface area contributed by atoms with Crippen LogP contribution in [0, 0.1) is 0 Å². The fourth-order valence-electron chi connectivity index (χ4n) is 4.81. The highest BCUT2D eigenvalue weighted by atomic mass is 28.2. The predicted octanol–water partition coefficient (Wildman–Crippen LogP) is 4.95. The van der Waals surface area contributed by atoms with Crippen LogP contribution in [0.1, 0.15) is 24.0 Å². The standard InChI is InChI=1S/C17H17N3Si.C15H15B/c1-3-7-15(8-4-1)17(16-9-5-2-6-10-16)11-21-14-20-13-18-12-19-20;1-3-7-13(8-4-1)16(15-11-12-15)14-9-5-2-6-10-14/h1-13H,14,21H2;1-10,15H,11-12H2. The first kappa shape index (κ1) is 24.7. The van der Waals surface area contributed by atoms with Crippen LogP contribution >= 0.6 is 0 Å².